The lowest BCUT2D eigenvalue weighted by Gasteiger charge is -2.23. The summed E-state index contributed by atoms with van der Waals surface area (Å²) in [7, 11) is 1.53. The molecule has 162 valence electrons. The van der Waals surface area contributed by atoms with Gasteiger partial charge in [-0.3, -0.25) is 19.3 Å². The molecule has 9 nitrogen and oxygen atoms in total. The van der Waals surface area contributed by atoms with Gasteiger partial charge >= 0.3 is 5.69 Å². The molecule has 1 aliphatic heterocycles. The highest BCUT2D eigenvalue weighted by Gasteiger charge is 2.15. The van der Waals surface area contributed by atoms with Gasteiger partial charge in [0.15, 0.2) is 0 Å². The smallest absolute Gasteiger partial charge is 0.332 e. The molecule has 1 fully saturated rings. The second-order valence-electron chi connectivity index (χ2n) is 7.12. The monoisotopic (exact) mass is 416 g/mol. The van der Waals surface area contributed by atoms with E-state index >= 15 is 0 Å². The average Bonchev–Trinajstić information content (AvgIpc) is 2.76. The molecule has 0 atom stereocenters. The van der Waals surface area contributed by atoms with Crippen LogP contribution in [0.25, 0.3) is 5.69 Å². The predicted molar refractivity (Wildman–Crippen MR) is 111 cm³/mol. The maximum Gasteiger partial charge on any atom is 0.332 e. The largest absolute Gasteiger partial charge is 0.859 e. The number of ether oxygens (including phenoxy) is 2. The number of quaternary nitrogens is 1. The molecule has 0 bridgehead atoms. The van der Waals surface area contributed by atoms with E-state index in [4.69, 9.17) is 9.47 Å². The van der Waals surface area contributed by atoms with Gasteiger partial charge in [-0.1, -0.05) is 6.92 Å². The van der Waals surface area contributed by atoms with Crippen LogP contribution in [-0.2, 0) is 4.74 Å². The molecule has 1 aromatic carbocycles. The van der Waals surface area contributed by atoms with Gasteiger partial charge in [-0.25, -0.2) is 4.79 Å². The van der Waals surface area contributed by atoms with E-state index in [1.54, 1.807) is 24.3 Å². The zero-order valence-corrected chi connectivity index (χ0v) is 17.4. The molecule has 1 saturated heterocycles. The number of morpholine rings is 1. The van der Waals surface area contributed by atoms with Crippen molar-refractivity contribution in [2.24, 2.45) is 4.99 Å². The molecule has 2 aromatic rings. The fourth-order valence-electron chi connectivity index (χ4n) is 3.56. The third-order valence-electron chi connectivity index (χ3n) is 5.21. The SMILES string of the molecule is CCC(=NCCC[NH+]1CCOCC1)c1c([O-])n(-c2ccc(OC)cc2)c(=O)[nH]c1=O. The molecule has 0 unspecified atom stereocenters. The minimum atomic E-state index is -0.773. The number of nitrogens with zero attached hydrogens (tertiary/aromatic N) is 2. The van der Waals surface area contributed by atoms with Crippen molar-refractivity contribution in [1.82, 2.24) is 9.55 Å². The Morgan fingerprint density at radius 1 is 1.27 bits per heavy atom. The third-order valence-corrected chi connectivity index (χ3v) is 5.21. The van der Waals surface area contributed by atoms with E-state index in [-0.39, 0.29) is 5.56 Å². The fraction of sp³-hybridized carbons (Fsp3) is 0.476. The number of H-pyrrole nitrogens is 1. The molecule has 0 spiro atoms. The van der Waals surface area contributed by atoms with Gasteiger partial charge in [-0.2, -0.15) is 0 Å². The lowest BCUT2D eigenvalue weighted by molar-refractivity contribution is -0.908. The minimum absolute atomic E-state index is 0.0772. The summed E-state index contributed by atoms with van der Waals surface area (Å²) in [5.74, 6) is -0.0598. The normalized spacial score (nSPS) is 15.3. The fourth-order valence-corrected chi connectivity index (χ4v) is 3.56. The number of aromatic amines is 1. The minimum Gasteiger partial charge on any atom is -0.859 e. The van der Waals surface area contributed by atoms with E-state index in [1.807, 2.05) is 6.92 Å². The number of rotatable bonds is 8. The van der Waals surface area contributed by atoms with Crippen LogP contribution in [0.3, 0.4) is 0 Å². The summed E-state index contributed by atoms with van der Waals surface area (Å²) in [5.41, 5.74) is -0.777. The van der Waals surface area contributed by atoms with Crippen molar-refractivity contribution in [3.63, 3.8) is 0 Å². The zero-order chi connectivity index (χ0) is 21.5. The number of benzene rings is 1. The Morgan fingerprint density at radius 2 is 1.97 bits per heavy atom. The van der Waals surface area contributed by atoms with Crippen molar-refractivity contribution >= 4 is 5.71 Å². The van der Waals surface area contributed by atoms with Gasteiger partial charge in [0.25, 0.3) is 5.56 Å². The first kappa shape index (κ1) is 21.8. The molecular formula is C21H28N4O5. The van der Waals surface area contributed by atoms with Crippen LogP contribution in [0.5, 0.6) is 11.6 Å². The van der Waals surface area contributed by atoms with Gasteiger partial charge < -0.3 is 19.5 Å². The topological polar surface area (TPSA) is 113 Å². The number of nitrogens with one attached hydrogen (secondary N) is 2. The second kappa shape index (κ2) is 10.2. The summed E-state index contributed by atoms with van der Waals surface area (Å²) in [6.45, 7) is 6.86. The lowest BCUT2D eigenvalue weighted by atomic mass is 10.1. The third kappa shape index (κ3) is 4.98. The van der Waals surface area contributed by atoms with Crippen LogP contribution in [-0.4, -0.2) is 61.8 Å². The van der Waals surface area contributed by atoms with Gasteiger partial charge in [0.2, 0.25) is 0 Å². The Labute approximate surface area is 174 Å². The summed E-state index contributed by atoms with van der Waals surface area (Å²) >= 11 is 0. The first-order valence-corrected chi connectivity index (χ1v) is 10.2. The van der Waals surface area contributed by atoms with E-state index in [0.29, 0.717) is 30.1 Å². The highest BCUT2D eigenvalue weighted by molar-refractivity contribution is 6.01. The van der Waals surface area contributed by atoms with E-state index < -0.39 is 17.1 Å². The molecule has 0 amide bonds. The van der Waals surface area contributed by atoms with Gasteiger partial charge in [0.05, 0.1) is 32.4 Å². The van der Waals surface area contributed by atoms with Crippen molar-refractivity contribution in [2.45, 2.75) is 19.8 Å². The Hall–Kier alpha value is -2.91. The van der Waals surface area contributed by atoms with Crippen LogP contribution < -0.4 is 26.0 Å². The maximum absolute atomic E-state index is 13.1. The van der Waals surface area contributed by atoms with Crippen molar-refractivity contribution in [3.8, 4) is 17.3 Å². The van der Waals surface area contributed by atoms with Crippen LogP contribution in [0.2, 0.25) is 0 Å². The lowest BCUT2D eigenvalue weighted by Crippen LogP contribution is -3.14. The quantitative estimate of drug-likeness (QED) is 0.428. The van der Waals surface area contributed by atoms with Gasteiger partial charge in [-0.15, -0.1) is 0 Å². The first-order chi connectivity index (χ1) is 14.5. The molecule has 0 radical (unpaired) electrons. The standard InChI is InChI=1S/C21H28N4O5/c1-3-17(22-9-4-10-24-11-13-30-14-12-24)18-19(26)23-21(28)25(20(18)27)15-5-7-16(29-2)8-6-15/h5-8,27H,3-4,9-14H2,1-2H3,(H,23,26,28). The molecule has 1 aromatic heterocycles. The van der Waals surface area contributed by atoms with Crippen molar-refractivity contribution in [3.05, 3.63) is 50.7 Å². The van der Waals surface area contributed by atoms with Crippen LogP contribution in [0.4, 0.5) is 0 Å². The van der Waals surface area contributed by atoms with E-state index in [1.165, 1.54) is 12.0 Å². The number of hydrogen-bond donors (Lipinski definition) is 2. The number of hydrogen-bond acceptors (Lipinski definition) is 6. The van der Waals surface area contributed by atoms with Gasteiger partial charge in [0.1, 0.15) is 18.8 Å². The van der Waals surface area contributed by atoms with Crippen molar-refractivity contribution < 1.29 is 19.5 Å². The summed E-state index contributed by atoms with van der Waals surface area (Å²) in [4.78, 5) is 33.0. The second-order valence-corrected chi connectivity index (χ2v) is 7.12. The zero-order valence-electron chi connectivity index (χ0n) is 17.4. The Morgan fingerprint density at radius 3 is 2.60 bits per heavy atom. The van der Waals surface area contributed by atoms with Crippen LogP contribution in [0.15, 0.2) is 38.8 Å². The molecular weight excluding hydrogens is 388 g/mol. The number of methoxy groups -OCH3 is 1. The molecule has 0 aliphatic carbocycles. The van der Waals surface area contributed by atoms with Gasteiger partial charge in [0, 0.05) is 24.4 Å². The molecule has 2 heterocycles. The predicted octanol–water partition coefficient (Wildman–Crippen LogP) is -0.888. The Balaban J connectivity index is 1.85. The molecule has 1 aliphatic rings. The van der Waals surface area contributed by atoms with E-state index in [2.05, 4.69) is 9.98 Å². The molecule has 9 heteroatoms. The number of aliphatic imine (C=N–C) groups is 1. The number of aromatic nitrogens is 2. The van der Waals surface area contributed by atoms with Crippen LogP contribution in [0, 0.1) is 0 Å². The van der Waals surface area contributed by atoms with Crippen molar-refractivity contribution in [1.29, 1.82) is 0 Å². The van der Waals surface area contributed by atoms with Gasteiger partial charge in [-0.05, 0) is 36.6 Å². The highest BCUT2D eigenvalue weighted by atomic mass is 16.5. The summed E-state index contributed by atoms with van der Waals surface area (Å²) in [6.07, 6.45) is 1.27. The van der Waals surface area contributed by atoms with E-state index in [0.717, 1.165) is 43.8 Å². The molecule has 3 rings (SSSR count). The average molecular weight is 416 g/mol. The van der Waals surface area contributed by atoms with Crippen molar-refractivity contribution in [2.75, 3.05) is 46.5 Å². The van der Waals surface area contributed by atoms with Crippen LogP contribution in [0.1, 0.15) is 25.3 Å². The summed E-state index contributed by atoms with van der Waals surface area (Å²) < 4.78 is 11.4. The molecule has 30 heavy (non-hydrogen) atoms. The van der Waals surface area contributed by atoms with E-state index in [9.17, 15) is 14.7 Å². The molecule has 0 saturated carbocycles. The first-order valence-electron chi connectivity index (χ1n) is 10.2. The highest BCUT2D eigenvalue weighted by Crippen LogP contribution is 2.18. The molecule has 2 N–H and O–H groups in total. The van der Waals surface area contributed by atoms with Crippen LogP contribution >= 0.6 is 0 Å². The Bertz CT molecular complexity index is 988. The summed E-state index contributed by atoms with van der Waals surface area (Å²) in [5, 5.41) is 13.1. The Kier molecular flexibility index (Phi) is 7.42. The maximum atomic E-state index is 13.1. The summed E-state index contributed by atoms with van der Waals surface area (Å²) in [6, 6.07) is 6.48.